The number of rotatable bonds is 2. The van der Waals surface area contributed by atoms with E-state index in [4.69, 9.17) is 5.73 Å². The van der Waals surface area contributed by atoms with Crippen LogP contribution in [-0.4, -0.2) is 24.0 Å². The van der Waals surface area contributed by atoms with Crippen LogP contribution in [0, 0.1) is 0 Å². The zero-order chi connectivity index (χ0) is 12.5. The van der Waals surface area contributed by atoms with Gasteiger partial charge in [0.25, 0.3) is 5.91 Å². The molecule has 3 rings (SSSR count). The van der Waals surface area contributed by atoms with E-state index in [-0.39, 0.29) is 5.91 Å². The van der Waals surface area contributed by atoms with Crippen LogP contribution < -0.4 is 11.1 Å². The lowest BCUT2D eigenvalue weighted by Crippen LogP contribution is -2.28. The maximum atomic E-state index is 11.4. The second-order valence-corrected chi connectivity index (χ2v) is 4.88. The third-order valence-corrected chi connectivity index (χ3v) is 3.76. The van der Waals surface area contributed by atoms with Gasteiger partial charge in [-0.1, -0.05) is 6.07 Å². The summed E-state index contributed by atoms with van der Waals surface area (Å²) in [5, 5.41) is 4.55. The summed E-state index contributed by atoms with van der Waals surface area (Å²) in [6, 6.07) is 5.92. The van der Waals surface area contributed by atoms with Crippen LogP contribution in [0.25, 0.3) is 10.9 Å². The van der Waals surface area contributed by atoms with Crippen molar-refractivity contribution in [1.82, 2.24) is 10.3 Å². The number of carbonyl (C=O) groups is 1. The van der Waals surface area contributed by atoms with Crippen LogP contribution in [0.15, 0.2) is 24.4 Å². The molecule has 4 heteroatoms. The number of fused-ring (bicyclic) bond motifs is 1. The fourth-order valence-electron chi connectivity index (χ4n) is 2.86. The molecular weight excluding hydrogens is 226 g/mol. The molecular formula is C14H17N3O. The second kappa shape index (κ2) is 4.46. The maximum absolute atomic E-state index is 11.4. The molecule has 18 heavy (non-hydrogen) atoms. The van der Waals surface area contributed by atoms with Crippen molar-refractivity contribution in [2.75, 3.05) is 13.1 Å². The maximum Gasteiger partial charge on any atom is 0.250 e. The fraction of sp³-hybridized carbons (Fsp3) is 0.357. The fourth-order valence-corrected chi connectivity index (χ4v) is 2.86. The molecule has 0 bridgehead atoms. The van der Waals surface area contributed by atoms with Crippen molar-refractivity contribution in [3.63, 3.8) is 0 Å². The summed E-state index contributed by atoms with van der Waals surface area (Å²) in [4.78, 5) is 14.5. The average Bonchev–Trinajstić information content (AvgIpc) is 2.87. The lowest BCUT2D eigenvalue weighted by Gasteiger charge is -2.24. The summed E-state index contributed by atoms with van der Waals surface area (Å²) >= 11 is 0. The third kappa shape index (κ3) is 1.78. The summed E-state index contributed by atoms with van der Waals surface area (Å²) in [5.41, 5.74) is 8.14. The van der Waals surface area contributed by atoms with E-state index in [9.17, 15) is 4.79 Å². The number of amides is 1. The van der Waals surface area contributed by atoms with E-state index < -0.39 is 0 Å². The molecule has 1 fully saturated rings. The number of nitrogens with one attached hydrogen (secondary N) is 2. The van der Waals surface area contributed by atoms with Crippen LogP contribution >= 0.6 is 0 Å². The van der Waals surface area contributed by atoms with Crippen molar-refractivity contribution in [2.24, 2.45) is 5.73 Å². The number of hydrogen-bond acceptors (Lipinski definition) is 2. The molecule has 2 aromatic rings. The molecule has 0 radical (unpaired) electrons. The van der Waals surface area contributed by atoms with Crippen molar-refractivity contribution >= 4 is 16.8 Å². The van der Waals surface area contributed by atoms with Gasteiger partial charge in [0.1, 0.15) is 0 Å². The van der Waals surface area contributed by atoms with Gasteiger partial charge in [0.05, 0.1) is 11.1 Å². The number of H-pyrrole nitrogens is 1. The van der Waals surface area contributed by atoms with Gasteiger partial charge in [-0.15, -0.1) is 0 Å². The van der Waals surface area contributed by atoms with Gasteiger partial charge in [-0.3, -0.25) is 4.79 Å². The Labute approximate surface area is 106 Å². The Bertz CT molecular complexity index is 582. The zero-order valence-corrected chi connectivity index (χ0v) is 10.2. The van der Waals surface area contributed by atoms with E-state index in [1.54, 1.807) is 0 Å². The van der Waals surface area contributed by atoms with Gasteiger partial charge in [0.15, 0.2) is 0 Å². The van der Waals surface area contributed by atoms with Crippen molar-refractivity contribution in [1.29, 1.82) is 0 Å². The van der Waals surface area contributed by atoms with E-state index >= 15 is 0 Å². The van der Waals surface area contributed by atoms with E-state index in [0.717, 1.165) is 24.0 Å². The molecule has 1 saturated heterocycles. The van der Waals surface area contributed by atoms with Gasteiger partial charge >= 0.3 is 0 Å². The minimum Gasteiger partial charge on any atom is -0.366 e. The molecule has 1 aliphatic rings. The average molecular weight is 243 g/mol. The van der Waals surface area contributed by atoms with Crippen LogP contribution in [0.3, 0.4) is 0 Å². The van der Waals surface area contributed by atoms with Gasteiger partial charge in [-0.2, -0.15) is 0 Å². The molecule has 2 heterocycles. The Kier molecular flexibility index (Phi) is 2.80. The Morgan fingerprint density at radius 1 is 1.33 bits per heavy atom. The molecule has 0 unspecified atom stereocenters. The Balaban J connectivity index is 2.10. The van der Waals surface area contributed by atoms with Crippen LogP contribution in [-0.2, 0) is 0 Å². The highest BCUT2D eigenvalue weighted by Crippen LogP contribution is 2.31. The summed E-state index contributed by atoms with van der Waals surface area (Å²) in [7, 11) is 0. The number of benzene rings is 1. The molecule has 0 spiro atoms. The van der Waals surface area contributed by atoms with Gasteiger partial charge < -0.3 is 16.0 Å². The van der Waals surface area contributed by atoms with Crippen molar-refractivity contribution in [3.8, 4) is 0 Å². The van der Waals surface area contributed by atoms with Crippen molar-refractivity contribution in [3.05, 3.63) is 35.5 Å². The molecule has 1 aromatic heterocycles. The summed E-state index contributed by atoms with van der Waals surface area (Å²) < 4.78 is 0. The lowest BCUT2D eigenvalue weighted by molar-refractivity contribution is 0.100. The van der Waals surface area contributed by atoms with Crippen LogP contribution in [0.5, 0.6) is 0 Å². The van der Waals surface area contributed by atoms with Gasteiger partial charge in [0.2, 0.25) is 0 Å². The highest BCUT2D eigenvalue weighted by molar-refractivity contribution is 6.05. The minimum absolute atomic E-state index is 0.379. The molecule has 4 N–H and O–H groups in total. The van der Waals surface area contributed by atoms with Gasteiger partial charge in [0, 0.05) is 18.1 Å². The monoisotopic (exact) mass is 243 g/mol. The quantitative estimate of drug-likeness (QED) is 0.751. The van der Waals surface area contributed by atoms with Crippen LogP contribution in [0.4, 0.5) is 0 Å². The van der Waals surface area contributed by atoms with Crippen molar-refractivity contribution in [2.45, 2.75) is 18.8 Å². The molecule has 1 amide bonds. The number of aromatic amines is 1. The lowest BCUT2D eigenvalue weighted by atomic mass is 9.88. The SMILES string of the molecule is NC(=O)c1ccc([C@H]2CCCNC2)c2cc[nH]c12. The molecule has 94 valence electrons. The predicted octanol–water partition coefficient (Wildman–Crippen LogP) is 1.73. The van der Waals surface area contributed by atoms with Gasteiger partial charge in [-0.05, 0) is 43.0 Å². The number of hydrogen-bond donors (Lipinski definition) is 3. The molecule has 4 nitrogen and oxygen atoms in total. The van der Waals surface area contributed by atoms with E-state index in [1.807, 2.05) is 24.4 Å². The van der Waals surface area contributed by atoms with Crippen molar-refractivity contribution < 1.29 is 4.79 Å². The van der Waals surface area contributed by atoms with E-state index in [2.05, 4.69) is 10.3 Å². The van der Waals surface area contributed by atoms with E-state index in [0.29, 0.717) is 11.5 Å². The first-order valence-corrected chi connectivity index (χ1v) is 6.38. The number of primary amides is 1. The standard InChI is InChI=1S/C14H17N3O/c15-14(18)12-4-3-10(9-2-1-6-16-8-9)11-5-7-17-13(11)12/h3-5,7,9,16-17H,1-2,6,8H2,(H2,15,18)/t9-/m0/s1. The normalized spacial score (nSPS) is 20.1. The Hall–Kier alpha value is -1.81. The third-order valence-electron chi connectivity index (χ3n) is 3.76. The zero-order valence-electron chi connectivity index (χ0n) is 10.2. The summed E-state index contributed by atoms with van der Waals surface area (Å²) in [5.74, 6) is 0.148. The first-order chi connectivity index (χ1) is 8.77. The molecule has 1 atom stereocenters. The molecule has 1 aromatic carbocycles. The summed E-state index contributed by atoms with van der Waals surface area (Å²) in [6.07, 6.45) is 4.27. The largest absolute Gasteiger partial charge is 0.366 e. The first-order valence-electron chi connectivity index (χ1n) is 6.38. The Morgan fingerprint density at radius 2 is 2.22 bits per heavy atom. The van der Waals surface area contributed by atoms with Crippen LogP contribution in [0.2, 0.25) is 0 Å². The highest BCUT2D eigenvalue weighted by Gasteiger charge is 2.19. The molecule has 0 aliphatic carbocycles. The van der Waals surface area contributed by atoms with Crippen LogP contribution in [0.1, 0.15) is 34.7 Å². The molecule has 1 aliphatic heterocycles. The molecule has 0 saturated carbocycles. The Morgan fingerprint density at radius 3 is 2.94 bits per heavy atom. The summed E-state index contributed by atoms with van der Waals surface area (Å²) in [6.45, 7) is 2.11. The predicted molar refractivity (Wildman–Crippen MR) is 71.7 cm³/mol. The smallest absolute Gasteiger partial charge is 0.250 e. The first kappa shape index (κ1) is 11.3. The minimum atomic E-state index is -0.379. The number of aromatic nitrogens is 1. The van der Waals surface area contributed by atoms with Gasteiger partial charge in [-0.25, -0.2) is 0 Å². The number of piperidine rings is 1. The van der Waals surface area contributed by atoms with E-state index in [1.165, 1.54) is 18.4 Å². The highest BCUT2D eigenvalue weighted by atomic mass is 16.1. The second-order valence-electron chi connectivity index (χ2n) is 4.88. The number of nitrogens with two attached hydrogens (primary N) is 1. The number of carbonyl (C=O) groups excluding carboxylic acids is 1. The topological polar surface area (TPSA) is 70.9 Å².